The number of amides is 1. The van der Waals surface area contributed by atoms with Crippen LogP contribution >= 0.6 is 11.8 Å². The topological polar surface area (TPSA) is 72.3 Å². The van der Waals surface area contributed by atoms with E-state index in [0.717, 1.165) is 33.5 Å². The standard InChI is InChI=1S/C18H14F3N3O3S2/c1-23(11-25)12-6-17(15-4-2-3-5-16(15)19)24(10-12)29(26,27)14-7-13(8-22-9-14)28-18(20)21/h2-11,18H,1H3. The van der Waals surface area contributed by atoms with E-state index in [9.17, 15) is 26.4 Å². The van der Waals surface area contributed by atoms with Crippen LogP contribution in [0.2, 0.25) is 0 Å². The summed E-state index contributed by atoms with van der Waals surface area (Å²) in [5.41, 5.74) is 0.166. The average molecular weight is 441 g/mol. The number of hydrogen-bond donors (Lipinski definition) is 0. The number of benzene rings is 1. The van der Waals surface area contributed by atoms with Crippen molar-refractivity contribution >= 4 is 33.9 Å². The number of carbonyl (C=O) groups is 1. The van der Waals surface area contributed by atoms with E-state index in [1.165, 1.54) is 37.4 Å². The predicted octanol–water partition coefficient (Wildman–Crippen LogP) is 3.83. The zero-order chi connectivity index (χ0) is 21.2. The highest BCUT2D eigenvalue weighted by molar-refractivity contribution is 7.99. The van der Waals surface area contributed by atoms with Gasteiger partial charge in [-0.1, -0.05) is 23.9 Å². The van der Waals surface area contributed by atoms with Gasteiger partial charge in [0.25, 0.3) is 15.8 Å². The molecular weight excluding hydrogens is 427 g/mol. The Morgan fingerprint density at radius 1 is 1.21 bits per heavy atom. The van der Waals surface area contributed by atoms with E-state index in [1.807, 2.05) is 0 Å². The highest BCUT2D eigenvalue weighted by atomic mass is 32.2. The molecule has 6 nitrogen and oxygen atoms in total. The van der Waals surface area contributed by atoms with Gasteiger partial charge in [0.2, 0.25) is 6.41 Å². The second-order valence-electron chi connectivity index (χ2n) is 5.82. The van der Waals surface area contributed by atoms with Gasteiger partial charge < -0.3 is 4.90 Å². The third-order valence-corrected chi connectivity index (χ3v) is 6.27. The fraction of sp³-hybridized carbons (Fsp3) is 0.111. The number of thioether (sulfide) groups is 1. The zero-order valence-electron chi connectivity index (χ0n) is 14.9. The minimum atomic E-state index is -4.33. The maximum Gasteiger partial charge on any atom is 0.288 e. The number of halogens is 3. The van der Waals surface area contributed by atoms with Crippen molar-refractivity contribution in [2.75, 3.05) is 11.9 Å². The lowest BCUT2D eigenvalue weighted by molar-refractivity contribution is -0.107. The summed E-state index contributed by atoms with van der Waals surface area (Å²) in [4.78, 5) is 15.6. The Bertz CT molecular complexity index is 1150. The molecule has 0 bridgehead atoms. The molecule has 0 radical (unpaired) electrons. The summed E-state index contributed by atoms with van der Waals surface area (Å²) in [6, 6.07) is 7.95. The lowest BCUT2D eigenvalue weighted by atomic mass is 10.1. The maximum absolute atomic E-state index is 14.4. The Morgan fingerprint density at radius 3 is 2.59 bits per heavy atom. The van der Waals surface area contributed by atoms with Crippen molar-refractivity contribution in [3.8, 4) is 11.3 Å². The van der Waals surface area contributed by atoms with Crippen LogP contribution < -0.4 is 4.90 Å². The van der Waals surface area contributed by atoms with Gasteiger partial charge in [0.1, 0.15) is 10.7 Å². The number of anilines is 1. The molecule has 0 N–H and O–H groups in total. The van der Waals surface area contributed by atoms with Crippen LogP contribution in [0.1, 0.15) is 0 Å². The van der Waals surface area contributed by atoms with Crippen LogP contribution in [0.5, 0.6) is 0 Å². The molecule has 0 aliphatic rings. The Balaban J connectivity index is 2.20. The molecule has 0 unspecified atom stereocenters. The van der Waals surface area contributed by atoms with Gasteiger partial charge in [0, 0.05) is 36.1 Å². The zero-order valence-corrected chi connectivity index (χ0v) is 16.5. The van der Waals surface area contributed by atoms with Crippen molar-refractivity contribution in [2.24, 2.45) is 0 Å². The predicted molar refractivity (Wildman–Crippen MR) is 103 cm³/mol. The van der Waals surface area contributed by atoms with E-state index in [4.69, 9.17) is 0 Å². The molecule has 11 heteroatoms. The van der Waals surface area contributed by atoms with Gasteiger partial charge >= 0.3 is 0 Å². The van der Waals surface area contributed by atoms with E-state index in [2.05, 4.69) is 4.98 Å². The average Bonchev–Trinajstić information content (AvgIpc) is 3.13. The SMILES string of the molecule is CN(C=O)c1cc(-c2ccccc2F)n(S(=O)(=O)c2cncc(SC(F)F)c2)c1. The van der Waals surface area contributed by atoms with Crippen molar-refractivity contribution < 1.29 is 26.4 Å². The van der Waals surface area contributed by atoms with Gasteiger partial charge in [0.15, 0.2) is 0 Å². The van der Waals surface area contributed by atoms with Crippen LogP contribution in [0.25, 0.3) is 11.3 Å². The van der Waals surface area contributed by atoms with E-state index in [-0.39, 0.29) is 38.5 Å². The summed E-state index contributed by atoms with van der Waals surface area (Å²) >= 11 is 0.157. The highest BCUT2D eigenvalue weighted by Gasteiger charge is 2.25. The quantitative estimate of drug-likeness (QED) is 0.412. The maximum atomic E-state index is 14.4. The number of alkyl halides is 2. The first-order chi connectivity index (χ1) is 13.7. The van der Waals surface area contributed by atoms with Gasteiger partial charge in [-0.25, -0.2) is 16.8 Å². The van der Waals surface area contributed by atoms with E-state index < -0.39 is 21.6 Å². The van der Waals surface area contributed by atoms with Gasteiger partial charge in [0.05, 0.1) is 11.4 Å². The largest absolute Gasteiger partial charge is 0.317 e. The van der Waals surface area contributed by atoms with Crippen LogP contribution in [-0.2, 0) is 14.8 Å². The molecule has 0 spiro atoms. The van der Waals surface area contributed by atoms with Crippen LogP contribution in [0.3, 0.4) is 0 Å². The van der Waals surface area contributed by atoms with Crippen molar-refractivity contribution in [2.45, 2.75) is 15.5 Å². The summed E-state index contributed by atoms with van der Waals surface area (Å²) in [5.74, 6) is -3.41. The third-order valence-electron chi connectivity index (χ3n) is 3.96. The molecule has 0 saturated carbocycles. The Kier molecular flexibility index (Phi) is 5.99. The Labute approximate surface area is 169 Å². The van der Waals surface area contributed by atoms with Crippen molar-refractivity contribution in [3.05, 3.63) is 60.8 Å². The normalized spacial score (nSPS) is 11.6. The highest BCUT2D eigenvalue weighted by Crippen LogP contribution is 2.33. The summed E-state index contributed by atoms with van der Waals surface area (Å²) in [7, 11) is -2.92. The van der Waals surface area contributed by atoms with Gasteiger partial charge in [-0.2, -0.15) is 8.78 Å². The fourth-order valence-electron chi connectivity index (χ4n) is 2.57. The van der Waals surface area contributed by atoms with Gasteiger partial charge in [-0.15, -0.1) is 0 Å². The van der Waals surface area contributed by atoms with E-state index in [0.29, 0.717) is 6.41 Å². The number of pyridine rings is 1. The number of aromatic nitrogens is 2. The number of rotatable bonds is 7. The van der Waals surface area contributed by atoms with E-state index >= 15 is 0 Å². The van der Waals surface area contributed by atoms with Crippen LogP contribution in [0.4, 0.5) is 18.9 Å². The molecule has 29 heavy (non-hydrogen) atoms. The first kappa shape index (κ1) is 20.9. The minimum absolute atomic E-state index is 0.00677. The number of carbonyl (C=O) groups excluding carboxylic acids is 1. The first-order valence-electron chi connectivity index (χ1n) is 8.05. The summed E-state index contributed by atoms with van der Waals surface area (Å²) in [6.45, 7) is 0. The number of nitrogens with zero attached hydrogens (tertiary/aromatic N) is 3. The third kappa shape index (κ3) is 4.30. The molecule has 2 heterocycles. The lowest BCUT2D eigenvalue weighted by Gasteiger charge is -2.12. The van der Waals surface area contributed by atoms with Crippen molar-refractivity contribution in [3.63, 3.8) is 0 Å². The molecule has 1 aromatic carbocycles. The Morgan fingerprint density at radius 2 is 1.93 bits per heavy atom. The molecule has 0 saturated heterocycles. The molecule has 152 valence electrons. The second-order valence-corrected chi connectivity index (χ2v) is 8.69. The summed E-state index contributed by atoms with van der Waals surface area (Å²) in [5, 5.41) is 0. The second kappa shape index (κ2) is 8.29. The fourth-order valence-corrected chi connectivity index (χ4v) is 4.52. The molecule has 2 aromatic heterocycles. The lowest BCUT2D eigenvalue weighted by Crippen LogP contribution is -2.15. The molecule has 0 aliphatic carbocycles. The molecule has 0 atom stereocenters. The molecule has 1 amide bonds. The number of hydrogen-bond acceptors (Lipinski definition) is 5. The minimum Gasteiger partial charge on any atom is -0.317 e. The smallest absolute Gasteiger partial charge is 0.288 e. The first-order valence-corrected chi connectivity index (χ1v) is 10.4. The molecule has 3 aromatic rings. The molecule has 0 fully saturated rings. The Hall–Kier alpha value is -2.79. The summed E-state index contributed by atoms with van der Waals surface area (Å²) in [6.07, 6.45) is 3.76. The van der Waals surface area contributed by atoms with Crippen LogP contribution in [-0.4, -0.2) is 36.6 Å². The summed E-state index contributed by atoms with van der Waals surface area (Å²) < 4.78 is 66.8. The van der Waals surface area contributed by atoms with Crippen LogP contribution in [0, 0.1) is 5.82 Å². The van der Waals surface area contributed by atoms with Gasteiger partial charge in [-0.3, -0.25) is 9.78 Å². The molecular formula is C18H14F3N3O3S2. The molecule has 3 rings (SSSR count). The van der Waals surface area contributed by atoms with Gasteiger partial charge in [-0.05, 0) is 24.3 Å². The van der Waals surface area contributed by atoms with E-state index in [1.54, 1.807) is 0 Å². The molecule has 0 aliphatic heterocycles. The van der Waals surface area contributed by atoms with Crippen LogP contribution in [0.15, 0.2) is 64.8 Å². The van der Waals surface area contributed by atoms with Crippen molar-refractivity contribution in [1.82, 2.24) is 8.96 Å². The van der Waals surface area contributed by atoms with Crippen molar-refractivity contribution in [1.29, 1.82) is 0 Å². The monoisotopic (exact) mass is 441 g/mol.